The first-order valence-corrected chi connectivity index (χ1v) is 8.19. The number of rotatable bonds is 5. The minimum absolute atomic E-state index is 0.0178. The summed E-state index contributed by atoms with van der Waals surface area (Å²) in [7, 11) is 0. The molecule has 0 atom stereocenters. The Balaban J connectivity index is 2.13. The highest BCUT2D eigenvalue weighted by Crippen LogP contribution is 2.16. The van der Waals surface area contributed by atoms with Gasteiger partial charge in [-0.3, -0.25) is 4.79 Å². The lowest BCUT2D eigenvalue weighted by Gasteiger charge is -2.30. The van der Waals surface area contributed by atoms with Crippen LogP contribution in [0.15, 0.2) is 29.4 Å². The molecule has 0 aliphatic rings. The normalized spacial score (nSPS) is 11.4. The van der Waals surface area contributed by atoms with Gasteiger partial charge in [0.1, 0.15) is 5.52 Å². The molecule has 0 N–H and O–H groups in total. The van der Waals surface area contributed by atoms with Gasteiger partial charge in [0.25, 0.3) is 10.7 Å². The molecule has 1 aromatic carbocycles. The molecule has 118 valence electrons. The van der Waals surface area contributed by atoms with Gasteiger partial charge in [0.2, 0.25) is 5.91 Å². The van der Waals surface area contributed by atoms with E-state index in [2.05, 4.69) is 10.1 Å². The number of fused-ring (bicyclic) bond motifs is 1. The Morgan fingerprint density at radius 3 is 2.55 bits per heavy atom. The smallest absolute Gasteiger partial charge is 0.270 e. The van der Waals surface area contributed by atoms with Crippen LogP contribution in [0.4, 0.5) is 0 Å². The largest absolute Gasteiger partial charge is 0.594 e. The van der Waals surface area contributed by atoms with Gasteiger partial charge >= 0.3 is 0 Å². The molecule has 0 aliphatic heterocycles. The maximum atomic E-state index is 12.3. The summed E-state index contributed by atoms with van der Waals surface area (Å²) in [5, 5.41) is 16.0. The van der Waals surface area contributed by atoms with Gasteiger partial charge in [-0.1, -0.05) is 23.9 Å². The number of amides is 1. The van der Waals surface area contributed by atoms with Crippen LogP contribution in [-0.4, -0.2) is 38.7 Å². The van der Waals surface area contributed by atoms with E-state index in [0.717, 1.165) is 0 Å². The first kappa shape index (κ1) is 16.5. The van der Waals surface area contributed by atoms with Gasteiger partial charge < -0.3 is 10.1 Å². The fraction of sp³-hybridized carbons (Fsp3) is 0.467. The summed E-state index contributed by atoms with van der Waals surface area (Å²) in [6, 6.07) is 7.27. The van der Waals surface area contributed by atoms with Crippen LogP contribution < -0.4 is 4.85 Å². The van der Waals surface area contributed by atoms with Crippen molar-refractivity contribution < 1.29 is 9.64 Å². The van der Waals surface area contributed by atoms with Crippen LogP contribution in [0.2, 0.25) is 0 Å². The molecule has 1 heterocycles. The van der Waals surface area contributed by atoms with Gasteiger partial charge in [0.15, 0.2) is 0 Å². The molecule has 0 saturated heterocycles. The Hall–Kier alpha value is -1.89. The van der Waals surface area contributed by atoms with Crippen LogP contribution in [-0.2, 0) is 4.79 Å². The van der Waals surface area contributed by atoms with E-state index in [1.54, 1.807) is 18.2 Å². The van der Waals surface area contributed by atoms with Gasteiger partial charge in [-0.05, 0) is 38.6 Å². The highest BCUT2D eigenvalue weighted by Gasteiger charge is 2.21. The molecule has 2 aromatic rings. The summed E-state index contributed by atoms with van der Waals surface area (Å²) >= 11 is 1.19. The third kappa shape index (κ3) is 3.65. The molecular weight excluding hydrogens is 300 g/mol. The monoisotopic (exact) mass is 320 g/mol. The van der Waals surface area contributed by atoms with E-state index in [4.69, 9.17) is 0 Å². The predicted molar refractivity (Wildman–Crippen MR) is 86.3 cm³/mol. The molecule has 1 aromatic heterocycles. The molecule has 0 radical (unpaired) electrons. The average Bonchev–Trinajstić information content (AvgIpc) is 2.44. The van der Waals surface area contributed by atoms with Crippen molar-refractivity contribution in [2.45, 2.75) is 44.9 Å². The second-order valence-electron chi connectivity index (χ2n) is 5.53. The van der Waals surface area contributed by atoms with Gasteiger partial charge in [0.05, 0.1) is 5.75 Å². The van der Waals surface area contributed by atoms with Crippen molar-refractivity contribution in [2.24, 2.45) is 0 Å². The van der Waals surface area contributed by atoms with E-state index >= 15 is 0 Å². The molecule has 1 amide bonds. The van der Waals surface area contributed by atoms with Crippen LogP contribution in [0.1, 0.15) is 27.7 Å². The maximum absolute atomic E-state index is 12.3. The number of hydrogen-bond acceptors (Lipinski definition) is 5. The van der Waals surface area contributed by atoms with E-state index < -0.39 is 0 Å². The van der Waals surface area contributed by atoms with E-state index in [1.165, 1.54) is 11.8 Å². The first-order valence-electron chi connectivity index (χ1n) is 7.20. The predicted octanol–water partition coefficient (Wildman–Crippen LogP) is 2.00. The quantitative estimate of drug-likeness (QED) is 0.478. The zero-order chi connectivity index (χ0) is 16.3. The SMILES string of the molecule is CC(C)N(C(=O)CSc1nc2ccccc2[n+]([O-])n1)C(C)C. The minimum Gasteiger partial charge on any atom is -0.594 e. The number of benzene rings is 1. The van der Waals surface area contributed by atoms with Gasteiger partial charge in [-0.25, -0.2) is 4.98 Å². The van der Waals surface area contributed by atoms with Crippen molar-refractivity contribution >= 4 is 28.7 Å². The summed E-state index contributed by atoms with van der Waals surface area (Å²) in [5.74, 6) is 0.235. The molecule has 0 aliphatic carbocycles. The number of thioether (sulfide) groups is 1. The highest BCUT2D eigenvalue weighted by molar-refractivity contribution is 7.99. The van der Waals surface area contributed by atoms with E-state index in [-0.39, 0.29) is 23.7 Å². The molecule has 0 saturated carbocycles. The summed E-state index contributed by atoms with van der Waals surface area (Å²) in [4.78, 5) is 19.0. The molecule has 0 fully saturated rings. The lowest BCUT2D eigenvalue weighted by molar-refractivity contribution is -0.647. The van der Waals surface area contributed by atoms with Crippen molar-refractivity contribution in [3.05, 3.63) is 29.5 Å². The second-order valence-corrected chi connectivity index (χ2v) is 6.48. The van der Waals surface area contributed by atoms with Gasteiger partial charge in [-0.2, -0.15) is 0 Å². The second kappa shape index (κ2) is 6.91. The number of aromatic nitrogens is 3. The minimum atomic E-state index is 0.0178. The summed E-state index contributed by atoms with van der Waals surface area (Å²) in [5.41, 5.74) is 0.996. The molecule has 0 unspecified atom stereocenters. The zero-order valence-corrected chi connectivity index (χ0v) is 14.0. The number of hydrogen-bond donors (Lipinski definition) is 0. The summed E-state index contributed by atoms with van der Waals surface area (Å²) in [6.07, 6.45) is 0. The van der Waals surface area contributed by atoms with Crippen molar-refractivity contribution in [2.75, 3.05) is 5.75 Å². The average molecular weight is 320 g/mol. The topological polar surface area (TPSA) is 73.0 Å². The number of nitrogens with zero attached hydrogens (tertiary/aromatic N) is 4. The maximum Gasteiger partial charge on any atom is 0.270 e. The fourth-order valence-electron chi connectivity index (χ4n) is 2.41. The van der Waals surface area contributed by atoms with Crippen molar-refractivity contribution in [1.82, 2.24) is 15.0 Å². The lowest BCUT2D eigenvalue weighted by Crippen LogP contribution is -2.43. The Morgan fingerprint density at radius 1 is 1.27 bits per heavy atom. The number of carbonyl (C=O) groups excluding carboxylic acids is 1. The summed E-state index contributed by atoms with van der Waals surface area (Å²) < 4.78 is 0. The number of para-hydroxylation sites is 2. The zero-order valence-electron chi connectivity index (χ0n) is 13.2. The standard InChI is InChI=1S/C15H20N4O2S/c1-10(2)18(11(3)4)14(20)9-22-15-16-12-7-5-6-8-13(12)19(21)17-15/h5-8,10-11H,9H2,1-4H3. The molecule has 7 heteroatoms. The van der Waals surface area contributed by atoms with E-state index in [0.29, 0.717) is 21.0 Å². The number of carbonyl (C=O) groups is 1. The van der Waals surface area contributed by atoms with Crippen molar-refractivity contribution in [1.29, 1.82) is 0 Å². The molecule has 0 bridgehead atoms. The Kier molecular flexibility index (Phi) is 5.18. The first-order chi connectivity index (χ1) is 10.4. The fourth-order valence-corrected chi connectivity index (χ4v) is 3.11. The Morgan fingerprint density at radius 2 is 1.91 bits per heavy atom. The van der Waals surface area contributed by atoms with Gasteiger partial charge in [0, 0.05) is 23.2 Å². The van der Waals surface area contributed by atoms with E-state index in [1.807, 2.05) is 38.7 Å². The molecule has 2 rings (SSSR count). The van der Waals surface area contributed by atoms with Crippen LogP contribution in [0.25, 0.3) is 11.0 Å². The molecule has 22 heavy (non-hydrogen) atoms. The molecular formula is C15H20N4O2S. The van der Waals surface area contributed by atoms with Crippen molar-refractivity contribution in [3.8, 4) is 0 Å². The van der Waals surface area contributed by atoms with Crippen LogP contribution >= 0.6 is 11.8 Å². The Labute approximate surface area is 134 Å². The van der Waals surface area contributed by atoms with Crippen LogP contribution in [0.5, 0.6) is 0 Å². The Bertz CT molecular complexity index is 668. The van der Waals surface area contributed by atoms with Crippen LogP contribution in [0, 0.1) is 5.21 Å². The van der Waals surface area contributed by atoms with Crippen molar-refractivity contribution in [3.63, 3.8) is 0 Å². The highest BCUT2D eigenvalue weighted by atomic mass is 32.2. The summed E-state index contributed by atoms with van der Waals surface area (Å²) in [6.45, 7) is 7.95. The van der Waals surface area contributed by atoms with Gasteiger partial charge in [-0.15, -0.1) is 0 Å². The molecule has 6 nitrogen and oxygen atoms in total. The third-order valence-corrected chi connectivity index (χ3v) is 4.03. The third-order valence-electron chi connectivity index (χ3n) is 3.21. The molecule has 0 spiro atoms. The van der Waals surface area contributed by atoms with E-state index in [9.17, 15) is 10.0 Å². The lowest BCUT2D eigenvalue weighted by atomic mass is 10.2. The van der Waals surface area contributed by atoms with Crippen LogP contribution in [0.3, 0.4) is 0 Å².